The highest BCUT2D eigenvalue weighted by molar-refractivity contribution is 7.92. The summed E-state index contributed by atoms with van der Waals surface area (Å²) >= 11 is 5.81. The van der Waals surface area contributed by atoms with Crippen molar-refractivity contribution in [2.24, 2.45) is 0 Å². The Labute approximate surface area is 111 Å². The lowest BCUT2D eigenvalue weighted by Gasteiger charge is -2.12. The van der Waals surface area contributed by atoms with Crippen LogP contribution in [0.2, 0.25) is 5.02 Å². The molecule has 0 saturated carbocycles. The zero-order chi connectivity index (χ0) is 13.4. The second-order valence-corrected chi connectivity index (χ2v) is 8.47. The molecule has 1 aliphatic heterocycles. The first kappa shape index (κ1) is 13.8. The van der Waals surface area contributed by atoms with Crippen LogP contribution in [0.4, 0.5) is 0 Å². The minimum absolute atomic E-state index is 0.0166. The molecule has 0 amide bonds. The fraction of sp³-hybridized carbons (Fsp3) is 0.400. The minimum atomic E-state index is -3.77. The SMILES string of the molecule is O=S1(=O)CCC(NS(=O)(=O)c2ccccc2Cl)C1. The van der Waals surface area contributed by atoms with Crippen LogP contribution in [0.25, 0.3) is 0 Å². The Balaban J connectivity index is 2.22. The van der Waals surface area contributed by atoms with Gasteiger partial charge in [-0.25, -0.2) is 21.6 Å². The van der Waals surface area contributed by atoms with E-state index in [1.54, 1.807) is 12.1 Å². The van der Waals surface area contributed by atoms with E-state index in [-0.39, 0.29) is 21.4 Å². The Kier molecular flexibility index (Phi) is 3.68. The summed E-state index contributed by atoms with van der Waals surface area (Å²) in [5.74, 6) is -0.139. The Morgan fingerprint density at radius 1 is 1.28 bits per heavy atom. The number of nitrogens with one attached hydrogen (secondary N) is 1. The molecule has 1 aromatic rings. The number of sulfonamides is 1. The third kappa shape index (κ3) is 3.03. The van der Waals surface area contributed by atoms with Crippen molar-refractivity contribution in [3.05, 3.63) is 29.3 Å². The van der Waals surface area contributed by atoms with Crippen LogP contribution >= 0.6 is 11.6 Å². The van der Waals surface area contributed by atoms with Crippen molar-refractivity contribution < 1.29 is 16.8 Å². The van der Waals surface area contributed by atoms with E-state index in [2.05, 4.69) is 4.72 Å². The summed E-state index contributed by atoms with van der Waals surface area (Å²) in [6, 6.07) is 5.47. The molecule has 5 nitrogen and oxygen atoms in total. The molecule has 1 fully saturated rings. The summed E-state index contributed by atoms with van der Waals surface area (Å²) in [4.78, 5) is -0.0315. The molecule has 1 unspecified atom stereocenters. The fourth-order valence-corrected chi connectivity index (χ4v) is 5.40. The van der Waals surface area contributed by atoms with Crippen LogP contribution in [0.5, 0.6) is 0 Å². The van der Waals surface area contributed by atoms with Gasteiger partial charge in [0.15, 0.2) is 9.84 Å². The van der Waals surface area contributed by atoms with Gasteiger partial charge in [-0.05, 0) is 18.6 Å². The third-order valence-corrected chi connectivity index (χ3v) is 6.47. The van der Waals surface area contributed by atoms with Gasteiger partial charge in [-0.15, -0.1) is 0 Å². The van der Waals surface area contributed by atoms with E-state index in [0.717, 1.165) is 0 Å². The van der Waals surface area contributed by atoms with Crippen LogP contribution in [-0.4, -0.2) is 34.4 Å². The van der Waals surface area contributed by atoms with Gasteiger partial charge < -0.3 is 0 Å². The van der Waals surface area contributed by atoms with Crippen molar-refractivity contribution in [3.63, 3.8) is 0 Å². The minimum Gasteiger partial charge on any atom is -0.229 e. The topological polar surface area (TPSA) is 80.3 Å². The summed E-state index contributed by atoms with van der Waals surface area (Å²) in [7, 11) is -6.89. The van der Waals surface area contributed by atoms with Gasteiger partial charge >= 0.3 is 0 Å². The zero-order valence-electron chi connectivity index (χ0n) is 9.34. The van der Waals surface area contributed by atoms with Gasteiger partial charge in [0.05, 0.1) is 16.5 Å². The molecule has 0 aliphatic carbocycles. The quantitative estimate of drug-likeness (QED) is 0.896. The molecule has 1 saturated heterocycles. The van der Waals surface area contributed by atoms with E-state index in [1.807, 2.05) is 0 Å². The molecule has 1 heterocycles. The fourth-order valence-electron chi connectivity index (χ4n) is 1.83. The number of hydrogen-bond acceptors (Lipinski definition) is 4. The Hall–Kier alpha value is -0.630. The van der Waals surface area contributed by atoms with Crippen LogP contribution in [-0.2, 0) is 19.9 Å². The van der Waals surface area contributed by atoms with Crippen molar-refractivity contribution in [2.75, 3.05) is 11.5 Å². The van der Waals surface area contributed by atoms with Crippen LogP contribution in [0.15, 0.2) is 29.2 Å². The van der Waals surface area contributed by atoms with Crippen LogP contribution in [0.3, 0.4) is 0 Å². The summed E-state index contributed by atoms with van der Waals surface area (Å²) < 4.78 is 49.0. The van der Waals surface area contributed by atoms with Gasteiger partial charge in [-0.2, -0.15) is 0 Å². The number of halogens is 1. The molecule has 2 rings (SSSR count). The molecule has 8 heteroatoms. The number of sulfone groups is 1. The predicted molar refractivity (Wildman–Crippen MR) is 68.8 cm³/mol. The lowest BCUT2D eigenvalue weighted by atomic mass is 10.3. The predicted octanol–water partition coefficient (Wildman–Crippen LogP) is 0.805. The van der Waals surface area contributed by atoms with Crippen molar-refractivity contribution in [2.45, 2.75) is 17.4 Å². The standard InChI is InChI=1S/C10H12ClNO4S2/c11-9-3-1-2-4-10(9)18(15,16)12-8-5-6-17(13,14)7-8/h1-4,8,12H,5-7H2. The van der Waals surface area contributed by atoms with E-state index in [1.165, 1.54) is 12.1 Å². The van der Waals surface area contributed by atoms with Crippen LogP contribution < -0.4 is 4.72 Å². The molecule has 100 valence electrons. The van der Waals surface area contributed by atoms with Gasteiger partial charge in [0.2, 0.25) is 10.0 Å². The molecule has 1 aromatic carbocycles. The van der Waals surface area contributed by atoms with Crippen molar-refractivity contribution in [3.8, 4) is 0 Å². The maximum atomic E-state index is 12.0. The molecular formula is C10H12ClNO4S2. The van der Waals surface area contributed by atoms with Gasteiger partial charge in [0.1, 0.15) is 4.90 Å². The van der Waals surface area contributed by atoms with Gasteiger partial charge in [-0.3, -0.25) is 0 Å². The average molecular weight is 310 g/mol. The third-order valence-electron chi connectivity index (χ3n) is 2.68. The lowest BCUT2D eigenvalue weighted by Crippen LogP contribution is -2.35. The lowest BCUT2D eigenvalue weighted by molar-refractivity contribution is 0.562. The number of hydrogen-bond donors (Lipinski definition) is 1. The highest BCUT2D eigenvalue weighted by Crippen LogP contribution is 2.22. The van der Waals surface area contributed by atoms with Crippen LogP contribution in [0, 0.1) is 0 Å². The van der Waals surface area contributed by atoms with E-state index in [0.29, 0.717) is 6.42 Å². The Bertz CT molecular complexity index is 654. The molecule has 1 aliphatic rings. The zero-order valence-corrected chi connectivity index (χ0v) is 11.7. The second kappa shape index (κ2) is 4.80. The molecule has 0 bridgehead atoms. The average Bonchev–Trinajstić information content (AvgIpc) is 2.57. The monoisotopic (exact) mass is 309 g/mol. The maximum absolute atomic E-state index is 12.0. The summed E-state index contributed by atoms with van der Waals surface area (Å²) in [6.07, 6.45) is 0.298. The maximum Gasteiger partial charge on any atom is 0.242 e. The summed E-state index contributed by atoms with van der Waals surface area (Å²) in [5.41, 5.74) is 0. The van der Waals surface area contributed by atoms with Crippen molar-refractivity contribution >= 4 is 31.5 Å². The molecule has 1 atom stereocenters. The van der Waals surface area contributed by atoms with E-state index in [4.69, 9.17) is 11.6 Å². The van der Waals surface area contributed by atoms with Gasteiger partial charge in [0, 0.05) is 6.04 Å². The highest BCUT2D eigenvalue weighted by atomic mass is 35.5. The molecule has 0 radical (unpaired) electrons. The van der Waals surface area contributed by atoms with E-state index < -0.39 is 25.9 Å². The molecule has 0 aromatic heterocycles. The molecule has 1 N–H and O–H groups in total. The molecule has 0 spiro atoms. The van der Waals surface area contributed by atoms with E-state index >= 15 is 0 Å². The van der Waals surface area contributed by atoms with Crippen molar-refractivity contribution in [1.82, 2.24) is 4.72 Å². The largest absolute Gasteiger partial charge is 0.242 e. The first-order chi connectivity index (χ1) is 8.30. The van der Waals surface area contributed by atoms with Gasteiger partial charge in [0.25, 0.3) is 0 Å². The summed E-state index contributed by atoms with van der Waals surface area (Å²) in [6.45, 7) is 0. The number of benzene rings is 1. The van der Waals surface area contributed by atoms with Gasteiger partial charge in [-0.1, -0.05) is 23.7 Å². The molecular weight excluding hydrogens is 298 g/mol. The first-order valence-corrected chi connectivity index (χ1v) is 8.96. The van der Waals surface area contributed by atoms with Crippen LogP contribution in [0.1, 0.15) is 6.42 Å². The summed E-state index contributed by atoms with van der Waals surface area (Å²) in [5, 5.41) is 0.117. The Morgan fingerprint density at radius 3 is 2.50 bits per heavy atom. The van der Waals surface area contributed by atoms with Crippen molar-refractivity contribution in [1.29, 1.82) is 0 Å². The second-order valence-electron chi connectivity index (χ2n) is 4.15. The Morgan fingerprint density at radius 2 is 1.94 bits per heavy atom. The number of rotatable bonds is 3. The van der Waals surface area contributed by atoms with E-state index in [9.17, 15) is 16.8 Å². The molecule has 18 heavy (non-hydrogen) atoms. The highest BCUT2D eigenvalue weighted by Gasteiger charge is 2.31. The smallest absolute Gasteiger partial charge is 0.229 e. The normalized spacial score (nSPS) is 23.1. The first-order valence-electron chi connectivity index (χ1n) is 5.27.